The van der Waals surface area contributed by atoms with Crippen molar-refractivity contribution >= 4 is 39.1 Å². The Labute approximate surface area is 390 Å². The van der Waals surface area contributed by atoms with Crippen molar-refractivity contribution in [3.05, 3.63) is 179 Å². The van der Waals surface area contributed by atoms with Gasteiger partial charge in [0.1, 0.15) is 36.6 Å². The normalized spacial score (nSPS) is 25.5. The zero-order valence-corrected chi connectivity index (χ0v) is 39.3. The molecule has 0 N–H and O–H groups in total. The Morgan fingerprint density at radius 2 is 0.846 bits per heavy atom. The fourth-order valence-corrected chi connectivity index (χ4v) is 8.34. The topological polar surface area (TPSA) is 102 Å². The molecule has 0 aliphatic carbocycles. The molecule has 0 amide bonds. The molecule has 16 heteroatoms. The summed E-state index contributed by atoms with van der Waals surface area (Å²) < 4.78 is 73.5. The average Bonchev–Trinajstić information content (AvgIpc) is 3.33. The van der Waals surface area contributed by atoms with Gasteiger partial charge in [0, 0.05) is 7.11 Å². The summed E-state index contributed by atoms with van der Waals surface area (Å²) in [5, 5.41) is 0. The lowest BCUT2D eigenvalue weighted by Crippen LogP contribution is -2.67. The van der Waals surface area contributed by atoms with Crippen molar-refractivity contribution in [2.75, 3.05) is 20.3 Å². The Morgan fingerprint density at radius 1 is 0.462 bits per heavy atom. The lowest BCUT2D eigenvalue weighted by Gasteiger charge is -2.50. The van der Waals surface area contributed by atoms with Gasteiger partial charge in [0.05, 0.1) is 66.2 Å². The van der Waals surface area contributed by atoms with Crippen LogP contribution in [0.1, 0.15) is 27.8 Å². The van der Waals surface area contributed by atoms with E-state index in [0.29, 0.717) is 13.2 Å². The number of benzene rings is 5. The quantitative estimate of drug-likeness (QED) is 0.0456. The minimum atomic E-state index is -1.10. The zero-order valence-electron chi connectivity index (χ0n) is 37.0. The number of hydrogen-bond acceptors (Lipinski definition) is 11. The van der Waals surface area contributed by atoms with Gasteiger partial charge < -0.3 is 51.9 Å². The van der Waals surface area contributed by atoms with Crippen LogP contribution in [0.5, 0.6) is 0 Å². The van der Waals surface area contributed by atoms with Crippen molar-refractivity contribution < 1.29 is 51.9 Å². The molecule has 5 aromatic rings. The Balaban J connectivity index is 1.24. The molecule has 5 aromatic carbocycles. The van der Waals surface area contributed by atoms with E-state index in [2.05, 4.69) is 18.2 Å². The lowest BCUT2D eigenvalue weighted by molar-refractivity contribution is -0.373. The van der Waals surface area contributed by atoms with Gasteiger partial charge >= 0.3 is 6.64 Å². The number of rotatable bonds is 24. The molecule has 0 aromatic heterocycles. The highest BCUT2D eigenvalue weighted by Gasteiger charge is 2.54. The molecule has 2 aliphatic heterocycles. The Morgan fingerprint density at radius 3 is 1.26 bits per heavy atom. The largest absolute Gasteiger partial charge is 0.433 e. The molecule has 11 nitrogen and oxygen atoms in total. The Hall–Kier alpha value is -3.29. The van der Waals surface area contributed by atoms with Crippen molar-refractivity contribution in [1.29, 1.82) is 0 Å². The lowest BCUT2D eigenvalue weighted by atomic mass is 9.69. The van der Waals surface area contributed by atoms with Crippen molar-refractivity contribution in [3.63, 3.8) is 0 Å². The molecule has 0 spiro atoms. The van der Waals surface area contributed by atoms with Crippen LogP contribution in [0.3, 0.4) is 0 Å². The van der Waals surface area contributed by atoms with Crippen molar-refractivity contribution in [2.24, 2.45) is 0 Å². The highest BCUT2D eigenvalue weighted by atomic mass is 31.0. The van der Waals surface area contributed by atoms with Crippen LogP contribution in [0, 0.1) is 0 Å². The summed E-state index contributed by atoms with van der Waals surface area (Å²) in [4.78, 5) is 0. The third-order valence-electron chi connectivity index (χ3n) is 11.0. The van der Waals surface area contributed by atoms with E-state index in [-0.39, 0.29) is 39.7 Å². The van der Waals surface area contributed by atoms with Crippen molar-refractivity contribution in [2.45, 2.75) is 101 Å². The van der Waals surface area contributed by atoms with Gasteiger partial charge in [-0.05, 0) is 27.8 Å². The van der Waals surface area contributed by atoms with E-state index in [4.69, 9.17) is 59.7 Å². The van der Waals surface area contributed by atoms with E-state index in [9.17, 15) is 0 Å². The van der Waals surface area contributed by atoms with Gasteiger partial charge in [-0.15, -0.1) is 18.2 Å². The summed E-state index contributed by atoms with van der Waals surface area (Å²) in [6, 6.07) is 49.9. The smallest absolute Gasteiger partial charge is 0.312 e. The highest BCUT2D eigenvalue weighted by molar-refractivity contribution is 7.70. The predicted molar refractivity (Wildman–Crippen MR) is 259 cm³/mol. The maximum atomic E-state index is 7.17. The van der Waals surface area contributed by atoms with E-state index < -0.39 is 67.9 Å². The van der Waals surface area contributed by atoms with Crippen LogP contribution in [0.2, 0.25) is 6.82 Å². The molecular formula is C49H59B3O11P2. The Kier molecular flexibility index (Phi) is 20.1. The summed E-state index contributed by atoms with van der Waals surface area (Å²) >= 11 is 0. The minimum Gasteiger partial charge on any atom is -0.433 e. The highest BCUT2D eigenvalue weighted by Crippen LogP contribution is 2.37. The standard InChI is InChI=1S/C49H59B3O11P2/c1-51(64)62-43-41(34-55-29-36-20-10-4-11-21-36)59-48(53-2)47(45(43)63-52(50)65)61-49-46(58-32-39-26-16-7-17-27-39)44(57-31-38-24-14-6-15-25-38)42(56-30-37-22-12-5-13-23-37)40(60-49)33-54-28-35-18-8-3-9-19-35/h3-27,40-49H,28-34,64-65H2,1-2H3/t40?,41?,42-,43-,44+,45+,46?,47?,48-,49-/m1/s1. The molecule has 12 atom stereocenters. The zero-order chi connectivity index (χ0) is 45.2. The summed E-state index contributed by atoms with van der Waals surface area (Å²) in [6.07, 6.45) is -8.19. The van der Waals surface area contributed by atoms with Gasteiger partial charge in [0.2, 0.25) is 0 Å². The first-order valence-corrected chi connectivity index (χ1v) is 23.4. The molecule has 0 bridgehead atoms. The van der Waals surface area contributed by atoms with Crippen LogP contribution in [0.15, 0.2) is 152 Å². The fraction of sp³-hybridized carbons (Fsp3) is 0.388. The number of ether oxygens (including phenoxy) is 9. The maximum absolute atomic E-state index is 7.17. The van der Waals surface area contributed by atoms with Crippen LogP contribution in [-0.4, -0.2) is 103 Å². The van der Waals surface area contributed by atoms with Gasteiger partial charge in [-0.25, -0.2) is 0 Å². The second-order valence-corrected chi connectivity index (χ2v) is 17.7. The third-order valence-corrected chi connectivity index (χ3v) is 11.3. The summed E-state index contributed by atoms with van der Waals surface area (Å²) in [7, 11) is 13.2. The van der Waals surface area contributed by atoms with Gasteiger partial charge in [-0.2, -0.15) is 0 Å². The van der Waals surface area contributed by atoms with Gasteiger partial charge in [-0.3, -0.25) is 0 Å². The van der Waals surface area contributed by atoms with Gasteiger partial charge in [0.15, 0.2) is 12.6 Å². The summed E-state index contributed by atoms with van der Waals surface area (Å²) in [5.41, 5.74) is 4.97. The third kappa shape index (κ3) is 15.1. The van der Waals surface area contributed by atoms with E-state index in [1.165, 1.54) is 0 Å². The second kappa shape index (κ2) is 26.3. The first-order chi connectivity index (χ1) is 31.8. The molecule has 2 heterocycles. The minimum absolute atomic E-state index is 0.146. The van der Waals surface area contributed by atoms with Crippen LogP contribution >= 0.6 is 18.2 Å². The number of hydrogen-bond donors (Lipinski definition) is 0. The molecule has 7 rings (SSSR count). The van der Waals surface area contributed by atoms with Crippen molar-refractivity contribution in [3.8, 4) is 0 Å². The molecule has 2 radical (unpaired) electrons. The first kappa shape index (κ1) is 49.6. The molecular weight excluding hydrogens is 859 g/mol. The Bertz CT molecular complexity index is 2050. The van der Waals surface area contributed by atoms with Gasteiger partial charge in [-0.1, -0.05) is 158 Å². The average molecular weight is 918 g/mol. The van der Waals surface area contributed by atoms with Gasteiger partial charge in [0.25, 0.3) is 6.53 Å². The second-order valence-electron chi connectivity index (χ2n) is 16.1. The van der Waals surface area contributed by atoms with Crippen LogP contribution < -0.4 is 0 Å². The summed E-state index contributed by atoms with van der Waals surface area (Å²) in [6.45, 7) is 2.64. The molecule has 65 heavy (non-hydrogen) atoms. The van der Waals surface area contributed by atoms with Crippen LogP contribution in [0.25, 0.3) is 0 Å². The summed E-state index contributed by atoms with van der Waals surface area (Å²) in [5.74, 6) is 0. The van der Waals surface area contributed by atoms with E-state index in [1.807, 2.05) is 158 Å². The van der Waals surface area contributed by atoms with E-state index in [1.54, 1.807) is 7.11 Å². The maximum Gasteiger partial charge on any atom is 0.312 e. The SMILES string of the molecule is [B]B(P)O[C@@H]1C(O[C@H]2OC(COCc3ccccc3)[C@@H](OCc3ccccc3)[C@H](OCc3ccccc3)C2OCc2ccccc2)[C@H](OC)OC(COCc2ccccc2)[C@H]1OB(C)P. The fourth-order valence-electron chi connectivity index (χ4n) is 7.97. The predicted octanol–water partition coefficient (Wildman–Crippen LogP) is 7.45. The molecule has 2 fully saturated rings. The van der Waals surface area contributed by atoms with Crippen LogP contribution in [0.4, 0.5) is 0 Å². The monoisotopic (exact) mass is 918 g/mol. The molecule has 340 valence electrons. The first-order valence-electron chi connectivity index (χ1n) is 22.1. The van der Waals surface area contributed by atoms with Crippen LogP contribution in [-0.2, 0) is 85.0 Å². The molecule has 2 aliphatic rings. The van der Waals surface area contributed by atoms with Crippen molar-refractivity contribution in [1.82, 2.24) is 0 Å². The van der Waals surface area contributed by atoms with E-state index >= 15 is 0 Å². The molecule has 2 saturated heterocycles. The van der Waals surface area contributed by atoms with E-state index in [0.717, 1.165) is 27.8 Å². The molecule has 0 saturated carbocycles. The molecule has 6 unspecified atom stereocenters. The number of methoxy groups -OCH3 is 1.